The second-order valence-corrected chi connectivity index (χ2v) is 7.53. The maximum absolute atomic E-state index is 2.55. The fourth-order valence-electron chi connectivity index (χ4n) is 4.51. The Balaban J connectivity index is 2.37. The molecule has 0 spiro atoms. The zero-order chi connectivity index (χ0) is 10.8. The van der Waals surface area contributed by atoms with E-state index in [1.54, 1.807) is 0 Å². The van der Waals surface area contributed by atoms with Crippen LogP contribution in [-0.4, -0.2) is 0 Å². The second kappa shape index (κ2) is 2.57. The quantitative estimate of drug-likeness (QED) is 0.533. The third-order valence-corrected chi connectivity index (χ3v) is 5.84. The number of hydrogen-bond donors (Lipinski definition) is 0. The SMILES string of the molecule is CC(C)(C)C1CC2CCC1(C)C2(C)C. The first kappa shape index (κ1) is 10.5. The van der Waals surface area contributed by atoms with Crippen molar-refractivity contribution in [1.29, 1.82) is 0 Å². The third-order valence-electron chi connectivity index (χ3n) is 5.84. The maximum Gasteiger partial charge on any atom is -0.0238 e. The van der Waals surface area contributed by atoms with Crippen molar-refractivity contribution in [2.75, 3.05) is 0 Å². The van der Waals surface area contributed by atoms with Gasteiger partial charge in [0.25, 0.3) is 0 Å². The summed E-state index contributed by atoms with van der Waals surface area (Å²) in [7, 11) is 0. The van der Waals surface area contributed by atoms with E-state index in [4.69, 9.17) is 0 Å². The average molecular weight is 194 g/mol. The standard InChI is InChI=1S/C14H26/c1-12(2,3)11-9-10-7-8-14(11,6)13(10,4)5/h10-11H,7-9H2,1-6H3. The van der Waals surface area contributed by atoms with Crippen LogP contribution in [0, 0.1) is 28.1 Å². The number of hydrogen-bond acceptors (Lipinski definition) is 0. The lowest BCUT2D eigenvalue weighted by Crippen LogP contribution is -2.38. The van der Waals surface area contributed by atoms with Crippen molar-refractivity contribution in [2.45, 2.75) is 60.8 Å². The van der Waals surface area contributed by atoms with Gasteiger partial charge in [0.2, 0.25) is 0 Å². The van der Waals surface area contributed by atoms with Gasteiger partial charge < -0.3 is 0 Å². The van der Waals surface area contributed by atoms with E-state index in [0.717, 1.165) is 11.8 Å². The minimum Gasteiger partial charge on any atom is -0.0599 e. The highest BCUT2D eigenvalue weighted by molar-refractivity contribution is 5.12. The molecule has 2 fully saturated rings. The zero-order valence-electron chi connectivity index (χ0n) is 10.8. The van der Waals surface area contributed by atoms with Crippen molar-refractivity contribution >= 4 is 0 Å². The normalized spacial score (nSPS) is 45.9. The lowest BCUT2D eigenvalue weighted by molar-refractivity contribution is 0.0358. The van der Waals surface area contributed by atoms with Crippen LogP contribution < -0.4 is 0 Å². The van der Waals surface area contributed by atoms with Crippen molar-refractivity contribution in [3.8, 4) is 0 Å². The van der Waals surface area contributed by atoms with E-state index in [-0.39, 0.29) is 0 Å². The molecular weight excluding hydrogens is 168 g/mol. The molecule has 0 nitrogen and oxygen atoms in total. The molecule has 82 valence electrons. The molecule has 0 aromatic rings. The fraction of sp³-hybridized carbons (Fsp3) is 1.00. The average Bonchev–Trinajstić information content (AvgIpc) is 2.32. The Morgan fingerprint density at radius 1 is 1.07 bits per heavy atom. The second-order valence-electron chi connectivity index (χ2n) is 7.53. The Morgan fingerprint density at radius 2 is 1.64 bits per heavy atom. The van der Waals surface area contributed by atoms with Gasteiger partial charge in [-0.3, -0.25) is 0 Å². The Morgan fingerprint density at radius 3 is 1.86 bits per heavy atom. The van der Waals surface area contributed by atoms with Gasteiger partial charge >= 0.3 is 0 Å². The van der Waals surface area contributed by atoms with E-state index in [1.807, 2.05) is 0 Å². The first-order chi connectivity index (χ1) is 6.19. The van der Waals surface area contributed by atoms with Crippen molar-refractivity contribution in [1.82, 2.24) is 0 Å². The molecule has 2 aliphatic rings. The van der Waals surface area contributed by atoms with E-state index in [9.17, 15) is 0 Å². The highest BCUT2D eigenvalue weighted by atomic mass is 14.7. The molecule has 2 rings (SSSR count). The van der Waals surface area contributed by atoms with Crippen LogP contribution in [0.25, 0.3) is 0 Å². The summed E-state index contributed by atoms with van der Waals surface area (Å²) >= 11 is 0. The van der Waals surface area contributed by atoms with E-state index in [2.05, 4.69) is 41.5 Å². The summed E-state index contributed by atoms with van der Waals surface area (Å²) in [5.41, 5.74) is 1.70. The van der Waals surface area contributed by atoms with E-state index in [0.29, 0.717) is 16.2 Å². The predicted molar refractivity (Wildman–Crippen MR) is 62.2 cm³/mol. The number of fused-ring (bicyclic) bond motifs is 2. The summed E-state index contributed by atoms with van der Waals surface area (Å²) in [4.78, 5) is 0. The molecule has 3 unspecified atom stereocenters. The van der Waals surface area contributed by atoms with Gasteiger partial charge in [0.15, 0.2) is 0 Å². The molecule has 0 saturated heterocycles. The number of rotatable bonds is 0. The monoisotopic (exact) mass is 194 g/mol. The molecule has 14 heavy (non-hydrogen) atoms. The molecular formula is C14H26. The molecule has 2 aliphatic carbocycles. The fourth-order valence-corrected chi connectivity index (χ4v) is 4.51. The summed E-state index contributed by atoms with van der Waals surface area (Å²) < 4.78 is 0. The lowest BCUT2D eigenvalue weighted by atomic mass is 9.60. The lowest BCUT2D eigenvalue weighted by Gasteiger charge is -2.45. The first-order valence-electron chi connectivity index (χ1n) is 6.19. The first-order valence-corrected chi connectivity index (χ1v) is 6.19. The Hall–Kier alpha value is 0. The van der Waals surface area contributed by atoms with Crippen molar-refractivity contribution in [2.24, 2.45) is 28.1 Å². The molecule has 0 aromatic carbocycles. The van der Waals surface area contributed by atoms with Gasteiger partial charge in [0.1, 0.15) is 0 Å². The third kappa shape index (κ3) is 1.06. The molecule has 0 heteroatoms. The van der Waals surface area contributed by atoms with E-state index < -0.39 is 0 Å². The molecule has 0 heterocycles. The van der Waals surface area contributed by atoms with Crippen LogP contribution in [0.1, 0.15) is 60.8 Å². The van der Waals surface area contributed by atoms with Crippen LogP contribution in [0.5, 0.6) is 0 Å². The van der Waals surface area contributed by atoms with E-state index in [1.165, 1.54) is 19.3 Å². The van der Waals surface area contributed by atoms with Crippen molar-refractivity contribution in [3.63, 3.8) is 0 Å². The molecule has 0 N–H and O–H groups in total. The molecule has 0 amide bonds. The van der Waals surface area contributed by atoms with Crippen molar-refractivity contribution < 1.29 is 0 Å². The zero-order valence-corrected chi connectivity index (χ0v) is 10.8. The Labute approximate surface area is 89.5 Å². The van der Waals surface area contributed by atoms with Gasteiger partial charge in [-0.15, -0.1) is 0 Å². The Kier molecular flexibility index (Phi) is 1.93. The van der Waals surface area contributed by atoms with Gasteiger partial charge in [-0.05, 0) is 47.3 Å². The van der Waals surface area contributed by atoms with Crippen LogP contribution in [-0.2, 0) is 0 Å². The molecule has 3 atom stereocenters. The minimum atomic E-state index is 0.501. The molecule has 2 bridgehead atoms. The minimum absolute atomic E-state index is 0.501. The van der Waals surface area contributed by atoms with Crippen LogP contribution in [0.4, 0.5) is 0 Å². The van der Waals surface area contributed by atoms with Gasteiger partial charge in [-0.1, -0.05) is 41.5 Å². The highest BCUT2D eigenvalue weighted by Gasteiger charge is 2.63. The van der Waals surface area contributed by atoms with Gasteiger partial charge in [-0.25, -0.2) is 0 Å². The molecule has 0 radical (unpaired) electrons. The summed E-state index contributed by atoms with van der Waals surface area (Å²) in [6, 6.07) is 0. The summed E-state index contributed by atoms with van der Waals surface area (Å²) in [5.74, 6) is 1.93. The summed E-state index contributed by atoms with van der Waals surface area (Å²) in [6.07, 6.45) is 4.43. The summed E-state index contributed by atoms with van der Waals surface area (Å²) in [5, 5.41) is 0. The topological polar surface area (TPSA) is 0 Å². The summed E-state index contributed by atoms with van der Waals surface area (Å²) in [6.45, 7) is 14.9. The van der Waals surface area contributed by atoms with Crippen LogP contribution in [0.2, 0.25) is 0 Å². The van der Waals surface area contributed by atoms with Crippen LogP contribution in [0.3, 0.4) is 0 Å². The predicted octanol–water partition coefficient (Wildman–Crippen LogP) is 4.49. The van der Waals surface area contributed by atoms with Gasteiger partial charge in [-0.2, -0.15) is 0 Å². The van der Waals surface area contributed by atoms with Crippen LogP contribution in [0.15, 0.2) is 0 Å². The van der Waals surface area contributed by atoms with Crippen molar-refractivity contribution in [3.05, 3.63) is 0 Å². The highest BCUT2D eigenvalue weighted by Crippen LogP contribution is 2.71. The molecule has 2 saturated carbocycles. The van der Waals surface area contributed by atoms with Gasteiger partial charge in [0.05, 0.1) is 0 Å². The van der Waals surface area contributed by atoms with Gasteiger partial charge in [0, 0.05) is 0 Å². The maximum atomic E-state index is 2.55. The largest absolute Gasteiger partial charge is 0.0599 e. The molecule has 0 aliphatic heterocycles. The Bertz CT molecular complexity index is 243. The van der Waals surface area contributed by atoms with E-state index >= 15 is 0 Å². The molecule has 0 aromatic heterocycles. The smallest absolute Gasteiger partial charge is 0.0238 e. The van der Waals surface area contributed by atoms with Crippen LogP contribution >= 0.6 is 0 Å².